The standard InChI is InChI=1S/C58H46N2/c1-3-17-43-35-45(27-25-39(43)13-1)49-21-7-8-22-50(49)58-52-32-30-47(59-33-11-19-41-15-5-9-23-55(41)59)37-53(52)57(46-28-26-40-14-2-4-18-44(40)36-46)51-31-29-48(38-54(51)58)60-34-12-20-42-16-6-10-24-56(42)60/h1-10,13-18,21-24,26,28-32,35-38H,11-12,19-20,25,27,33-34H2. The molecule has 9 aromatic carbocycles. The molecular formula is C58H46N2. The van der Waals surface area contributed by atoms with E-state index in [4.69, 9.17) is 0 Å². The van der Waals surface area contributed by atoms with E-state index in [1.165, 1.54) is 111 Å². The molecule has 0 amide bonds. The van der Waals surface area contributed by atoms with Crippen LogP contribution >= 0.6 is 0 Å². The lowest BCUT2D eigenvalue weighted by Gasteiger charge is -2.33. The van der Waals surface area contributed by atoms with E-state index in [2.05, 4.69) is 192 Å². The van der Waals surface area contributed by atoms with Gasteiger partial charge in [0.1, 0.15) is 0 Å². The molecule has 0 bridgehead atoms. The van der Waals surface area contributed by atoms with Crippen LogP contribution in [0.3, 0.4) is 0 Å². The summed E-state index contributed by atoms with van der Waals surface area (Å²) in [6, 6.07) is 66.7. The Kier molecular flexibility index (Phi) is 8.44. The van der Waals surface area contributed by atoms with Crippen molar-refractivity contribution in [2.45, 2.75) is 38.5 Å². The lowest BCUT2D eigenvalue weighted by atomic mass is 9.81. The summed E-state index contributed by atoms with van der Waals surface area (Å²) in [5.74, 6) is 0. The van der Waals surface area contributed by atoms with Crippen LogP contribution in [0, 0.1) is 0 Å². The van der Waals surface area contributed by atoms with Gasteiger partial charge in [0.05, 0.1) is 0 Å². The molecule has 2 heteroatoms. The zero-order valence-corrected chi connectivity index (χ0v) is 33.9. The number of fused-ring (bicyclic) bond motifs is 6. The Morgan fingerprint density at radius 2 is 0.933 bits per heavy atom. The van der Waals surface area contributed by atoms with E-state index >= 15 is 0 Å². The molecule has 3 aliphatic rings. The minimum atomic E-state index is 1.01. The second kappa shape index (κ2) is 14.4. The Bertz CT molecular complexity index is 3190. The van der Waals surface area contributed by atoms with Crippen LogP contribution in [0.2, 0.25) is 0 Å². The smallest absolute Gasteiger partial charge is 0.0443 e. The van der Waals surface area contributed by atoms with Gasteiger partial charge < -0.3 is 9.80 Å². The van der Waals surface area contributed by atoms with E-state index in [0.717, 1.165) is 51.6 Å². The van der Waals surface area contributed by atoms with Gasteiger partial charge in [0.15, 0.2) is 0 Å². The van der Waals surface area contributed by atoms with Crippen LogP contribution in [0.5, 0.6) is 0 Å². The molecule has 0 spiro atoms. The van der Waals surface area contributed by atoms with Crippen LogP contribution in [0.25, 0.3) is 66.2 Å². The monoisotopic (exact) mass is 770 g/mol. The van der Waals surface area contributed by atoms with Crippen molar-refractivity contribution in [2.75, 3.05) is 22.9 Å². The van der Waals surface area contributed by atoms with Gasteiger partial charge in [-0.05, 0) is 169 Å². The van der Waals surface area contributed by atoms with Gasteiger partial charge >= 0.3 is 0 Å². The van der Waals surface area contributed by atoms with E-state index in [0.29, 0.717) is 0 Å². The summed E-state index contributed by atoms with van der Waals surface area (Å²) < 4.78 is 0. The lowest BCUT2D eigenvalue weighted by molar-refractivity contribution is 0.767. The van der Waals surface area contributed by atoms with Crippen molar-refractivity contribution in [2.24, 2.45) is 0 Å². The number of hydrogen-bond acceptors (Lipinski definition) is 2. The van der Waals surface area contributed by atoms with E-state index in [-0.39, 0.29) is 0 Å². The molecule has 0 N–H and O–H groups in total. The second-order valence-corrected chi connectivity index (χ2v) is 17.0. The third-order valence-corrected chi connectivity index (χ3v) is 13.6. The number of hydrogen-bond donors (Lipinski definition) is 0. The Morgan fingerprint density at radius 1 is 0.367 bits per heavy atom. The van der Waals surface area contributed by atoms with Gasteiger partial charge in [-0.3, -0.25) is 0 Å². The molecule has 60 heavy (non-hydrogen) atoms. The molecule has 0 aromatic heterocycles. The summed E-state index contributed by atoms with van der Waals surface area (Å²) in [4.78, 5) is 5.12. The Balaban J connectivity index is 1.18. The maximum absolute atomic E-state index is 2.56. The van der Waals surface area contributed by atoms with Gasteiger partial charge in [-0.1, -0.05) is 140 Å². The highest BCUT2D eigenvalue weighted by Crippen LogP contribution is 2.50. The Labute approximate surface area is 352 Å². The molecule has 0 saturated heterocycles. The van der Waals surface area contributed by atoms with Crippen LogP contribution in [0.4, 0.5) is 22.7 Å². The molecule has 9 aromatic rings. The van der Waals surface area contributed by atoms with Crippen LogP contribution in [0.15, 0.2) is 176 Å². The fourth-order valence-electron chi connectivity index (χ4n) is 10.7. The number of nitrogens with zero attached hydrogens (tertiary/aromatic N) is 2. The van der Waals surface area contributed by atoms with Crippen molar-refractivity contribution in [1.82, 2.24) is 0 Å². The first kappa shape index (κ1) is 35.1. The first-order valence-corrected chi connectivity index (χ1v) is 21.9. The zero-order chi connectivity index (χ0) is 39.6. The molecule has 0 atom stereocenters. The normalized spacial score (nSPS) is 14.8. The number of para-hydroxylation sites is 2. The number of anilines is 4. The molecule has 2 nitrogen and oxygen atoms in total. The molecular weight excluding hydrogens is 725 g/mol. The van der Waals surface area contributed by atoms with E-state index < -0.39 is 0 Å². The molecule has 288 valence electrons. The van der Waals surface area contributed by atoms with Crippen LogP contribution in [-0.4, -0.2) is 13.1 Å². The summed E-state index contributed by atoms with van der Waals surface area (Å²) in [6.45, 7) is 2.01. The largest absolute Gasteiger partial charge is 0.341 e. The van der Waals surface area contributed by atoms with Crippen molar-refractivity contribution >= 4 is 66.7 Å². The van der Waals surface area contributed by atoms with Gasteiger partial charge in [0, 0.05) is 35.8 Å². The maximum Gasteiger partial charge on any atom is 0.0443 e. The summed E-state index contributed by atoms with van der Waals surface area (Å²) in [5.41, 5.74) is 18.7. The van der Waals surface area contributed by atoms with Gasteiger partial charge in [-0.2, -0.15) is 0 Å². The first-order chi connectivity index (χ1) is 29.7. The molecule has 2 aliphatic heterocycles. The van der Waals surface area contributed by atoms with Gasteiger partial charge in [-0.15, -0.1) is 0 Å². The highest BCUT2D eigenvalue weighted by molar-refractivity contribution is 6.23. The van der Waals surface area contributed by atoms with Crippen molar-refractivity contribution < 1.29 is 0 Å². The van der Waals surface area contributed by atoms with Crippen LogP contribution in [-0.2, 0) is 19.3 Å². The molecule has 12 rings (SSSR count). The summed E-state index contributed by atoms with van der Waals surface area (Å²) in [7, 11) is 0. The summed E-state index contributed by atoms with van der Waals surface area (Å²) in [5, 5.41) is 7.70. The predicted molar refractivity (Wildman–Crippen MR) is 256 cm³/mol. The zero-order valence-electron chi connectivity index (χ0n) is 33.9. The SMILES string of the molecule is C1=C(c2ccccc2-c2c3ccc(N4CCCc5ccccc54)cc3c(-c3ccc4ccccc4c3)c3ccc(N4CCCc5ccccc54)cc23)CCc2ccccc21. The molecule has 1 aliphatic carbocycles. The van der Waals surface area contributed by atoms with Crippen molar-refractivity contribution in [3.63, 3.8) is 0 Å². The fraction of sp³-hybridized carbons (Fsp3) is 0.138. The quantitative estimate of drug-likeness (QED) is 0.161. The van der Waals surface area contributed by atoms with Crippen LogP contribution < -0.4 is 9.80 Å². The molecule has 2 heterocycles. The van der Waals surface area contributed by atoms with Gasteiger partial charge in [0.25, 0.3) is 0 Å². The highest BCUT2D eigenvalue weighted by atomic mass is 15.1. The topological polar surface area (TPSA) is 6.48 Å². The minimum Gasteiger partial charge on any atom is -0.341 e. The third-order valence-electron chi connectivity index (χ3n) is 13.6. The molecule has 0 saturated carbocycles. The predicted octanol–water partition coefficient (Wildman–Crippen LogP) is 15.1. The summed E-state index contributed by atoms with van der Waals surface area (Å²) in [6.07, 6.45) is 9.06. The first-order valence-electron chi connectivity index (χ1n) is 21.9. The Hall–Kier alpha value is -6.90. The fourth-order valence-corrected chi connectivity index (χ4v) is 10.7. The average molecular weight is 771 g/mol. The van der Waals surface area contributed by atoms with Gasteiger partial charge in [0.2, 0.25) is 0 Å². The number of allylic oxidation sites excluding steroid dienone is 1. The maximum atomic E-state index is 2.56. The van der Waals surface area contributed by atoms with Crippen molar-refractivity contribution in [3.05, 3.63) is 204 Å². The molecule has 0 radical (unpaired) electrons. The second-order valence-electron chi connectivity index (χ2n) is 17.0. The van der Waals surface area contributed by atoms with Crippen LogP contribution in [0.1, 0.15) is 47.1 Å². The van der Waals surface area contributed by atoms with Crippen molar-refractivity contribution in [1.29, 1.82) is 0 Å². The molecule has 0 unspecified atom stereocenters. The van der Waals surface area contributed by atoms with Gasteiger partial charge in [-0.25, -0.2) is 0 Å². The van der Waals surface area contributed by atoms with Crippen molar-refractivity contribution in [3.8, 4) is 22.3 Å². The highest BCUT2D eigenvalue weighted by Gasteiger charge is 2.26. The lowest BCUT2D eigenvalue weighted by Crippen LogP contribution is -2.24. The minimum absolute atomic E-state index is 1.01. The van der Waals surface area contributed by atoms with E-state index in [9.17, 15) is 0 Å². The van der Waals surface area contributed by atoms with E-state index in [1.807, 2.05) is 0 Å². The third kappa shape index (κ3) is 5.85. The summed E-state index contributed by atoms with van der Waals surface area (Å²) >= 11 is 0. The van der Waals surface area contributed by atoms with E-state index in [1.54, 1.807) is 0 Å². The average Bonchev–Trinajstić information content (AvgIpc) is 3.32. The number of rotatable bonds is 5. The number of benzene rings is 9. The number of aryl methyl sites for hydroxylation is 3. The Morgan fingerprint density at radius 3 is 1.65 bits per heavy atom. The molecule has 0 fully saturated rings.